The average molecular weight is 312 g/mol. The van der Waals surface area contributed by atoms with Crippen molar-refractivity contribution in [1.82, 2.24) is 4.72 Å². The fourth-order valence-corrected chi connectivity index (χ4v) is 4.95. The van der Waals surface area contributed by atoms with E-state index in [2.05, 4.69) is 25.5 Å². The van der Waals surface area contributed by atoms with Gasteiger partial charge in [-0.25, -0.2) is 13.1 Å². The van der Waals surface area contributed by atoms with E-state index in [0.717, 1.165) is 6.42 Å². The fraction of sp³-hybridized carbons (Fsp3) is 0.625. The number of benzene rings is 1. The lowest BCUT2D eigenvalue weighted by molar-refractivity contribution is 0.269. The highest BCUT2D eigenvalue weighted by Crippen LogP contribution is 2.30. The summed E-state index contributed by atoms with van der Waals surface area (Å²) in [6.45, 7) is 13.6. The Hall–Kier alpha value is -1.07. The highest BCUT2D eigenvalue weighted by Gasteiger charge is 2.32. The Morgan fingerprint density at radius 2 is 1.62 bits per heavy atom. The van der Waals surface area contributed by atoms with Crippen LogP contribution in [0.2, 0.25) is 0 Å². The van der Waals surface area contributed by atoms with Gasteiger partial charge in [0.15, 0.2) is 0 Å². The number of rotatable bonds is 4. The van der Waals surface area contributed by atoms with Crippen molar-refractivity contribution < 1.29 is 8.42 Å². The summed E-state index contributed by atoms with van der Waals surface area (Å²) in [7, 11) is -3.60. The summed E-state index contributed by atoms with van der Waals surface area (Å²) >= 11 is 0. The van der Waals surface area contributed by atoms with Crippen LogP contribution in [0.1, 0.15) is 52.2 Å². The molecule has 1 rings (SSSR count). The first kappa shape index (κ1) is 18.0. The highest BCUT2D eigenvalue weighted by atomic mass is 32.2. The number of nitrogens with two attached hydrogens (primary N) is 1. The molecule has 1 aromatic rings. The molecule has 0 saturated heterocycles. The second kappa shape index (κ2) is 5.61. The number of nitrogen functional groups attached to an aromatic ring is 1. The van der Waals surface area contributed by atoms with E-state index in [1.54, 1.807) is 26.0 Å². The summed E-state index contributed by atoms with van der Waals surface area (Å²) in [4.78, 5) is 0.296. The van der Waals surface area contributed by atoms with E-state index in [1.807, 2.05) is 13.8 Å². The molecule has 3 N–H and O–H groups in total. The van der Waals surface area contributed by atoms with Crippen LogP contribution >= 0.6 is 0 Å². The Balaban J connectivity index is 3.23. The van der Waals surface area contributed by atoms with Crippen LogP contribution < -0.4 is 10.5 Å². The van der Waals surface area contributed by atoms with Crippen LogP contribution in [0, 0.1) is 19.3 Å². The van der Waals surface area contributed by atoms with Gasteiger partial charge < -0.3 is 5.73 Å². The van der Waals surface area contributed by atoms with Gasteiger partial charge in [0.05, 0.1) is 4.90 Å². The summed E-state index contributed by atoms with van der Waals surface area (Å²) < 4.78 is 28.4. The van der Waals surface area contributed by atoms with E-state index in [4.69, 9.17) is 5.73 Å². The van der Waals surface area contributed by atoms with Crippen LogP contribution in [-0.2, 0) is 10.0 Å². The largest absolute Gasteiger partial charge is 0.398 e. The van der Waals surface area contributed by atoms with E-state index in [0.29, 0.717) is 21.7 Å². The van der Waals surface area contributed by atoms with Gasteiger partial charge in [-0.2, -0.15) is 0 Å². The number of hydrogen-bond acceptors (Lipinski definition) is 3. The molecular weight excluding hydrogens is 284 g/mol. The molecule has 0 atom stereocenters. The number of nitrogens with one attached hydrogen (secondary N) is 1. The molecule has 0 aliphatic rings. The van der Waals surface area contributed by atoms with Crippen molar-refractivity contribution in [1.29, 1.82) is 0 Å². The lowest BCUT2D eigenvalue weighted by atomic mass is 9.82. The average Bonchev–Trinajstić information content (AvgIpc) is 2.18. The van der Waals surface area contributed by atoms with E-state index in [9.17, 15) is 8.42 Å². The topological polar surface area (TPSA) is 72.2 Å². The first-order valence-corrected chi connectivity index (χ1v) is 8.63. The van der Waals surface area contributed by atoms with E-state index < -0.39 is 15.6 Å². The van der Waals surface area contributed by atoms with Gasteiger partial charge in [0.25, 0.3) is 0 Å². The predicted molar refractivity (Wildman–Crippen MR) is 88.8 cm³/mol. The third kappa shape index (κ3) is 4.71. The molecule has 4 nitrogen and oxygen atoms in total. The Labute approximate surface area is 129 Å². The van der Waals surface area contributed by atoms with Crippen LogP contribution in [0.5, 0.6) is 0 Å². The molecule has 1 aromatic carbocycles. The van der Waals surface area contributed by atoms with Crippen molar-refractivity contribution in [2.75, 3.05) is 5.73 Å². The minimum Gasteiger partial charge on any atom is -0.398 e. The maximum atomic E-state index is 12.8. The van der Waals surface area contributed by atoms with E-state index in [1.165, 1.54) is 0 Å². The molecule has 5 heteroatoms. The zero-order valence-electron chi connectivity index (χ0n) is 14.2. The predicted octanol–water partition coefficient (Wildman–Crippen LogP) is 3.38. The lowest BCUT2D eigenvalue weighted by Gasteiger charge is -2.33. The molecule has 0 heterocycles. The number of sulfonamides is 1. The normalized spacial score (nSPS) is 13.5. The van der Waals surface area contributed by atoms with Crippen LogP contribution in [0.3, 0.4) is 0 Å². The standard InChI is InChI=1S/C16H28N2O2S/c1-11-8-9-13(17)12(2)14(11)21(19,20)18-16(6,7)10-15(3,4)5/h8-9,18H,10,17H2,1-7H3. The second-order valence-electron chi connectivity index (χ2n) is 7.65. The van der Waals surface area contributed by atoms with Crippen molar-refractivity contribution >= 4 is 15.7 Å². The van der Waals surface area contributed by atoms with Gasteiger partial charge >= 0.3 is 0 Å². The second-order valence-corrected chi connectivity index (χ2v) is 9.27. The maximum absolute atomic E-state index is 12.8. The van der Waals surface area contributed by atoms with Crippen molar-refractivity contribution in [2.24, 2.45) is 5.41 Å². The number of aryl methyl sites for hydroxylation is 1. The third-order valence-corrected chi connectivity index (χ3v) is 5.28. The van der Waals surface area contributed by atoms with E-state index in [-0.39, 0.29) is 5.41 Å². The summed E-state index contributed by atoms with van der Waals surface area (Å²) in [5.41, 5.74) is 7.18. The molecule has 0 bridgehead atoms. The zero-order valence-corrected chi connectivity index (χ0v) is 15.0. The van der Waals surface area contributed by atoms with Gasteiger partial charge in [-0.05, 0) is 56.7 Å². The van der Waals surface area contributed by atoms with Gasteiger partial charge in [0, 0.05) is 11.2 Å². The van der Waals surface area contributed by atoms with Gasteiger partial charge in [-0.3, -0.25) is 0 Å². The zero-order chi connectivity index (χ0) is 16.6. The van der Waals surface area contributed by atoms with Crippen LogP contribution in [0.25, 0.3) is 0 Å². The molecule has 0 aliphatic carbocycles. The van der Waals surface area contributed by atoms with Gasteiger partial charge in [-0.15, -0.1) is 0 Å². The molecule has 0 aromatic heterocycles. The molecule has 0 saturated carbocycles. The molecule has 0 fully saturated rings. The lowest BCUT2D eigenvalue weighted by Crippen LogP contribution is -2.46. The SMILES string of the molecule is Cc1ccc(N)c(C)c1S(=O)(=O)NC(C)(C)CC(C)(C)C. The van der Waals surface area contributed by atoms with Crippen molar-refractivity contribution in [2.45, 2.75) is 65.3 Å². The summed E-state index contributed by atoms with van der Waals surface area (Å²) in [6.07, 6.45) is 0.736. The van der Waals surface area contributed by atoms with Gasteiger partial charge in [0.2, 0.25) is 10.0 Å². The first-order chi connectivity index (χ1) is 9.25. The molecule has 0 unspecified atom stereocenters. The number of hydrogen-bond donors (Lipinski definition) is 2. The van der Waals surface area contributed by atoms with Crippen LogP contribution in [0.15, 0.2) is 17.0 Å². The van der Waals surface area contributed by atoms with Gasteiger partial charge in [0.1, 0.15) is 0 Å². The molecule has 120 valence electrons. The maximum Gasteiger partial charge on any atom is 0.241 e. The molecular formula is C16H28N2O2S. The Morgan fingerprint density at radius 3 is 2.10 bits per heavy atom. The minimum atomic E-state index is -3.60. The molecule has 0 spiro atoms. The quantitative estimate of drug-likeness (QED) is 0.837. The van der Waals surface area contributed by atoms with Crippen molar-refractivity contribution in [3.8, 4) is 0 Å². The summed E-state index contributed by atoms with van der Waals surface area (Å²) in [6, 6.07) is 3.48. The van der Waals surface area contributed by atoms with Crippen LogP contribution in [0.4, 0.5) is 5.69 Å². The fourth-order valence-electron chi connectivity index (χ4n) is 3.03. The molecule has 0 aliphatic heterocycles. The van der Waals surface area contributed by atoms with Crippen molar-refractivity contribution in [3.63, 3.8) is 0 Å². The number of anilines is 1. The van der Waals surface area contributed by atoms with Crippen LogP contribution in [-0.4, -0.2) is 14.0 Å². The van der Waals surface area contributed by atoms with Gasteiger partial charge in [-0.1, -0.05) is 26.8 Å². The minimum absolute atomic E-state index is 0.0336. The molecule has 21 heavy (non-hydrogen) atoms. The first-order valence-electron chi connectivity index (χ1n) is 7.15. The Morgan fingerprint density at radius 1 is 1.10 bits per heavy atom. The van der Waals surface area contributed by atoms with Crippen molar-refractivity contribution in [3.05, 3.63) is 23.3 Å². The Bertz CT molecular complexity index is 626. The molecule has 0 amide bonds. The monoisotopic (exact) mass is 312 g/mol. The molecule has 0 radical (unpaired) electrons. The summed E-state index contributed by atoms with van der Waals surface area (Å²) in [5, 5.41) is 0. The third-order valence-electron chi connectivity index (χ3n) is 3.30. The van der Waals surface area contributed by atoms with E-state index >= 15 is 0 Å². The Kier molecular flexibility index (Phi) is 4.81. The summed E-state index contributed by atoms with van der Waals surface area (Å²) in [5.74, 6) is 0. The highest BCUT2D eigenvalue weighted by molar-refractivity contribution is 7.89. The smallest absolute Gasteiger partial charge is 0.241 e.